The van der Waals surface area contributed by atoms with Crippen LogP contribution in [0.1, 0.15) is 35.4 Å². The van der Waals surface area contributed by atoms with E-state index in [1.807, 2.05) is 29.4 Å². The molecule has 31 heavy (non-hydrogen) atoms. The summed E-state index contributed by atoms with van der Waals surface area (Å²) in [5.74, 6) is 0. The van der Waals surface area contributed by atoms with Gasteiger partial charge in [-0.05, 0) is 49.4 Å². The summed E-state index contributed by atoms with van der Waals surface area (Å²) in [6.07, 6.45) is 8.09. The fraction of sp³-hybridized carbons (Fsp3) is 0.346. The van der Waals surface area contributed by atoms with Crippen LogP contribution in [0.3, 0.4) is 0 Å². The Morgan fingerprint density at radius 3 is 2.45 bits per heavy atom. The minimum atomic E-state index is 0.401. The maximum atomic E-state index is 9.25. The summed E-state index contributed by atoms with van der Waals surface area (Å²) in [5, 5.41) is 9.25. The molecular formula is C26H29N5. The third kappa shape index (κ3) is 5.10. The highest BCUT2D eigenvalue weighted by atomic mass is 15.2. The average molecular weight is 412 g/mol. The highest BCUT2D eigenvalue weighted by molar-refractivity contribution is 5.65. The first-order valence-corrected chi connectivity index (χ1v) is 10.9. The zero-order valence-corrected chi connectivity index (χ0v) is 18.3. The van der Waals surface area contributed by atoms with Crippen molar-refractivity contribution in [1.82, 2.24) is 19.8 Å². The second-order valence-corrected chi connectivity index (χ2v) is 8.36. The fourth-order valence-electron chi connectivity index (χ4n) is 4.38. The Kier molecular flexibility index (Phi) is 6.59. The topological polar surface area (TPSA) is 56.1 Å². The summed E-state index contributed by atoms with van der Waals surface area (Å²) in [6.45, 7) is 7.39. The van der Waals surface area contributed by atoms with Crippen LogP contribution in [-0.4, -0.2) is 38.9 Å². The van der Waals surface area contributed by atoms with Crippen molar-refractivity contribution < 1.29 is 0 Å². The molecule has 1 aliphatic heterocycles. The molecule has 0 saturated carbocycles. The summed E-state index contributed by atoms with van der Waals surface area (Å²) in [7, 11) is 0. The van der Waals surface area contributed by atoms with Gasteiger partial charge < -0.3 is 4.90 Å². The van der Waals surface area contributed by atoms with Crippen LogP contribution in [0.2, 0.25) is 0 Å². The first-order chi connectivity index (χ1) is 15.1. The Hall–Kier alpha value is -3.23. The zero-order chi connectivity index (χ0) is 21.6. The number of aryl methyl sites for hydroxylation is 2. The quantitative estimate of drug-likeness (QED) is 0.550. The van der Waals surface area contributed by atoms with Gasteiger partial charge in [0, 0.05) is 50.2 Å². The van der Waals surface area contributed by atoms with Crippen LogP contribution >= 0.6 is 0 Å². The van der Waals surface area contributed by atoms with Crippen molar-refractivity contribution in [3.63, 3.8) is 0 Å². The SMILES string of the molecule is Cc1cnc(CN(Cc2ncccc2-c2ccccc2)C2CCN(C#N)CC2)c(C)c1. The second-order valence-electron chi connectivity index (χ2n) is 8.36. The largest absolute Gasteiger partial charge is 0.311 e. The summed E-state index contributed by atoms with van der Waals surface area (Å²) in [5.41, 5.74) is 6.98. The molecule has 0 atom stereocenters. The number of nitriles is 1. The van der Waals surface area contributed by atoms with Crippen molar-refractivity contribution >= 4 is 0 Å². The van der Waals surface area contributed by atoms with E-state index in [1.54, 1.807) is 0 Å². The lowest BCUT2D eigenvalue weighted by atomic mass is 10.00. The average Bonchev–Trinajstić information content (AvgIpc) is 2.81. The van der Waals surface area contributed by atoms with Gasteiger partial charge in [0.25, 0.3) is 0 Å². The molecule has 0 bridgehead atoms. The Labute approximate surface area is 185 Å². The van der Waals surface area contributed by atoms with Crippen molar-refractivity contribution in [3.8, 4) is 17.3 Å². The van der Waals surface area contributed by atoms with Gasteiger partial charge in [0.1, 0.15) is 0 Å². The monoisotopic (exact) mass is 411 g/mol. The van der Waals surface area contributed by atoms with Gasteiger partial charge in [0.05, 0.1) is 11.4 Å². The maximum absolute atomic E-state index is 9.25. The van der Waals surface area contributed by atoms with Gasteiger partial charge in [-0.3, -0.25) is 14.9 Å². The number of piperidine rings is 1. The molecule has 0 unspecified atom stereocenters. The molecule has 2 aromatic heterocycles. The maximum Gasteiger partial charge on any atom is 0.179 e. The van der Waals surface area contributed by atoms with Crippen LogP contribution in [0.4, 0.5) is 0 Å². The van der Waals surface area contributed by atoms with Crippen LogP contribution in [0.5, 0.6) is 0 Å². The molecule has 0 radical (unpaired) electrons. The Bertz CT molecular complexity index is 1050. The number of hydrogen-bond donors (Lipinski definition) is 0. The Morgan fingerprint density at radius 1 is 1.00 bits per heavy atom. The van der Waals surface area contributed by atoms with E-state index >= 15 is 0 Å². The zero-order valence-electron chi connectivity index (χ0n) is 18.3. The van der Waals surface area contributed by atoms with Crippen molar-refractivity contribution in [2.75, 3.05) is 13.1 Å². The molecule has 158 valence electrons. The van der Waals surface area contributed by atoms with E-state index in [0.29, 0.717) is 6.04 Å². The highest BCUT2D eigenvalue weighted by Gasteiger charge is 2.26. The number of likely N-dealkylation sites (tertiary alicyclic amines) is 1. The van der Waals surface area contributed by atoms with Gasteiger partial charge in [-0.15, -0.1) is 0 Å². The van der Waals surface area contributed by atoms with E-state index in [0.717, 1.165) is 50.4 Å². The van der Waals surface area contributed by atoms with Crippen LogP contribution < -0.4 is 0 Å². The van der Waals surface area contributed by atoms with Gasteiger partial charge in [-0.25, -0.2) is 0 Å². The lowest BCUT2D eigenvalue weighted by Crippen LogP contribution is -2.43. The highest BCUT2D eigenvalue weighted by Crippen LogP contribution is 2.27. The van der Waals surface area contributed by atoms with Crippen molar-refractivity contribution in [2.24, 2.45) is 0 Å². The van der Waals surface area contributed by atoms with Crippen LogP contribution in [-0.2, 0) is 13.1 Å². The van der Waals surface area contributed by atoms with Gasteiger partial charge in [-0.2, -0.15) is 5.26 Å². The number of nitrogens with zero attached hydrogens (tertiary/aromatic N) is 5. The van der Waals surface area contributed by atoms with Gasteiger partial charge in [-0.1, -0.05) is 42.5 Å². The van der Waals surface area contributed by atoms with Crippen LogP contribution in [0.25, 0.3) is 11.1 Å². The van der Waals surface area contributed by atoms with E-state index in [9.17, 15) is 5.26 Å². The molecule has 5 nitrogen and oxygen atoms in total. The Morgan fingerprint density at radius 2 is 1.74 bits per heavy atom. The molecule has 1 fully saturated rings. The predicted molar refractivity (Wildman–Crippen MR) is 123 cm³/mol. The molecule has 0 aliphatic carbocycles. The van der Waals surface area contributed by atoms with Crippen molar-refractivity contribution in [1.29, 1.82) is 5.26 Å². The second kappa shape index (κ2) is 9.72. The van der Waals surface area contributed by atoms with Crippen molar-refractivity contribution in [3.05, 3.63) is 83.4 Å². The minimum absolute atomic E-state index is 0.401. The van der Waals surface area contributed by atoms with E-state index in [2.05, 4.69) is 61.3 Å². The molecule has 0 amide bonds. The molecule has 0 N–H and O–H groups in total. The number of hydrogen-bond acceptors (Lipinski definition) is 5. The third-order valence-electron chi connectivity index (χ3n) is 6.13. The summed E-state index contributed by atoms with van der Waals surface area (Å²) < 4.78 is 0. The first-order valence-electron chi connectivity index (χ1n) is 10.9. The smallest absolute Gasteiger partial charge is 0.179 e. The fourth-order valence-corrected chi connectivity index (χ4v) is 4.38. The van der Waals surface area contributed by atoms with Gasteiger partial charge >= 0.3 is 0 Å². The standard InChI is InChI=1S/C26H29N5/c1-20-15-21(2)25(29-16-20)17-31(23-10-13-30(19-27)14-11-23)18-26-24(9-6-12-28-26)22-7-4-3-5-8-22/h3-9,12,15-16,23H,10-11,13-14,17-18H2,1-2H3. The summed E-state index contributed by atoms with van der Waals surface area (Å²) >= 11 is 0. The molecule has 4 rings (SSSR count). The molecular weight excluding hydrogens is 382 g/mol. The van der Waals surface area contributed by atoms with Gasteiger partial charge in [0.15, 0.2) is 6.19 Å². The number of rotatable bonds is 6. The van der Waals surface area contributed by atoms with E-state index < -0.39 is 0 Å². The van der Waals surface area contributed by atoms with E-state index in [1.165, 1.54) is 22.3 Å². The lowest BCUT2D eigenvalue weighted by molar-refractivity contribution is 0.115. The number of benzene rings is 1. The number of aromatic nitrogens is 2. The van der Waals surface area contributed by atoms with E-state index in [4.69, 9.17) is 9.97 Å². The first kappa shape index (κ1) is 21.0. The normalized spacial score (nSPS) is 14.6. The molecule has 1 aromatic carbocycles. The molecule has 1 aliphatic rings. The molecule has 5 heteroatoms. The summed E-state index contributed by atoms with van der Waals surface area (Å²) in [6, 6.07) is 17.2. The minimum Gasteiger partial charge on any atom is -0.311 e. The lowest BCUT2D eigenvalue weighted by Gasteiger charge is -2.37. The van der Waals surface area contributed by atoms with Crippen LogP contribution in [0, 0.1) is 25.3 Å². The number of pyridine rings is 2. The Balaban J connectivity index is 1.63. The predicted octanol–water partition coefficient (Wildman–Crippen LogP) is 4.71. The molecule has 0 spiro atoms. The van der Waals surface area contributed by atoms with Gasteiger partial charge in [0.2, 0.25) is 0 Å². The molecule has 1 saturated heterocycles. The summed E-state index contributed by atoms with van der Waals surface area (Å²) in [4.78, 5) is 13.9. The molecule has 3 aromatic rings. The third-order valence-corrected chi connectivity index (χ3v) is 6.13. The van der Waals surface area contributed by atoms with Crippen LogP contribution in [0.15, 0.2) is 60.9 Å². The molecule has 3 heterocycles. The van der Waals surface area contributed by atoms with Crippen molar-refractivity contribution in [2.45, 2.75) is 45.8 Å². The van der Waals surface area contributed by atoms with E-state index in [-0.39, 0.29) is 0 Å².